The van der Waals surface area contributed by atoms with Crippen LogP contribution in [0.4, 0.5) is 18.9 Å². The second-order valence-electron chi connectivity index (χ2n) is 8.04. The maximum absolute atomic E-state index is 12.5. The molecular formula is C25H24F3NO6S2. The number of nitrogens with one attached hydrogen (secondary N) is 1. The first-order valence-corrected chi connectivity index (χ1v) is 13.5. The molecule has 0 aliphatic heterocycles. The van der Waals surface area contributed by atoms with E-state index in [9.17, 15) is 31.5 Å². The Labute approximate surface area is 216 Å². The summed E-state index contributed by atoms with van der Waals surface area (Å²) in [5.74, 6) is -0.604. The van der Waals surface area contributed by atoms with Gasteiger partial charge in [0.05, 0.1) is 18.4 Å². The van der Waals surface area contributed by atoms with Crippen LogP contribution in [0.2, 0.25) is 0 Å². The number of benzene rings is 3. The number of rotatable bonds is 9. The second-order valence-corrected chi connectivity index (χ2v) is 11.4. The fourth-order valence-electron chi connectivity index (χ4n) is 3.40. The number of anilines is 1. The Balaban J connectivity index is 1.67. The van der Waals surface area contributed by atoms with E-state index in [1.807, 2.05) is 6.92 Å². The van der Waals surface area contributed by atoms with Crippen LogP contribution in [0.15, 0.2) is 70.5 Å². The van der Waals surface area contributed by atoms with Crippen LogP contribution in [-0.4, -0.2) is 39.2 Å². The number of carbonyl (C=O) groups is 1. The number of hydrogen-bond acceptors (Lipinski definition) is 7. The largest absolute Gasteiger partial charge is 0.573 e. The maximum Gasteiger partial charge on any atom is 0.573 e. The van der Waals surface area contributed by atoms with Gasteiger partial charge in [-0.2, -0.15) is 0 Å². The van der Waals surface area contributed by atoms with Crippen molar-refractivity contribution in [2.24, 2.45) is 0 Å². The van der Waals surface area contributed by atoms with Crippen molar-refractivity contribution in [2.75, 3.05) is 18.7 Å². The van der Waals surface area contributed by atoms with E-state index >= 15 is 0 Å². The maximum atomic E-state index is 12.5. The van der Waals surface area contributed by atoms with Gasteiger partial charge in [-0.3, -0.25) is 4.79 Å². The molecule has 198 valence electrons. The monoisotopic (exact) mass is 555 g/mol. The minimum Gasteiger partial charge on any atom is -0.507 e. The lowest BCUT2D eigenvalue weighted by Crippen LogP contribution is -2.17. The van der Waals surface area contributed by atoms with Crippen LogP contribution in [-0.2, 0) is 21.1 Å². The molecule has 0 bridgehead atoms. The highest BCUT2D eigenvalue weighted by Gasteiger charge is 2.31. The lowest BCUT2D eigenvalue weighted by molar-refractivity contribution is -0.274. The van der Waals surface area contributed by atoms with Crippen molar-refractivity contribution in [1.82, 2.24) is 0 Å². The molecule has 12 heteroatoms. The van der Waals surface area contributed by atoms with Gasteiger partial charge in [0.1, 0.15) is 22.1 Å². The van der Waals surface area contributed by atoms with E-state index in [4.69, 9.17) is 4.74 Å². The van der Waals surface area contributed by atoms with Crippen molar-refractivity contribution in [1.29, 1.82) is 0 Å². The van der Waals surface area contributed by atoms with E-state index in [0.29, 0.717) is 17.0 Å². The second kappa shape index (κ2) is 11.3. The molecule has 3 aromatic rings. The zero-order valence-electron chi connectivity index (χ0n) is 20.0. The van der Waals surface area contributed by atoms with Gasteiger partial charge in [-0.25, -0.2) is 8.42 Å². The van der Waals surface area contributed by atoms with Crippen LogP contribution in [0.3, 0.4) is 0 Å². The number of ether oxygens (including phenoxy) is 2. The summed E-state index contributed by atoms with van der Waals surface area (Å²) in [7, 11) is -2.18. The first-order valence-electron chi connectivity index (χ1n) is 10.8. The summed E-state index contributed by atoms with van der Waals surface area (Å²) in [4.78, 5) is 13.0. The molecule has 0 saturated heterocycles. The summed E-state index contributed by atoms with van der Waals surface area (Å²) in [5.41, 5.74) is 1.64. The van der Waals surface area contributed by atoms with Crippen molar-refractivity contribution >= 4 is 33.2 Å². The summed E-state index contributed by atoms with van der Waals surface area (Å²) in [6.07, 6.45) is -3.90. The number of amides is 1. The van der Waals surface area contributed by atoms with Crippen molar-refractivity contribution in [3.8, 4) is 17.2 Å². The predicted molar refractivity (Wildman–Crippen MR) is 134 cm³/mol. The third-order valence-electron chi connectivity index (χ3n) is 5.12. The first-order chi connectivity index (χ1) is 17.2. The molecular weight excluding hydrogens is 531 g/mol. The van der Waals surface area contributed by atoms with E-state index in [0.717, 1.165) is 16.7 Å². The molecule has 0 radical (unpaired) electrons. The van der Waals surface area contributed by atoms with Gasteiger partial charge in [0, 0.05) is 23.3 Å². The minimum atomic E-state index is -4.75. The minimum absolute atomic E-state index is 0.118. The van der Waals surface area contributed by atoms with Crippen LogP contribution in [0.25, 0.3) is 0 Å². The van der Waals surface area contributed by atoms with E-state index in [1.165, 1.54) is 49.2 Å². The summed E-state index contributed by atoms with van der Waals surface area (Å²) in [6.45, 7) is 1.89. The SMILES string of the molecule is COc1cc(NC(=O)Cc2ccc(O)c(S(C)(=O)=O)c2)ccc1SC(C)c1ccc(OC(F)(F)F)cc1. The lowest BCUT2D eigenvalue weighted by atomic mass is 10.1. The van der Waals surface area contributed by atoms with Gasteiger partial charge >= 0.3 is 6.36 Å². The number of sulfone groups is 1. The van der Waals surface area contributed by atoms with Gasteiger partial charge < -0.3 is 19.9 Å². The molecule has 1 unspecified atom stereocenters. The Morgan fingerprint density at radius 3 is 2.35 bits per heavy atom. The van der Waals surface area contributed by atoms with Gasteiger partial charge in [-0.1, -0.05) is 18.2 Å². The van der Waals surface area contributed by atoms with Crippen LogP contribution >= 0.6 is 11.8 Å². The quantitative estimate of drug-likeness (QED) is 0.325. The van der Waals surface area contributed by atoms with Gasteiger partial charge in [0.15, 0.2) is 9.84 Å². The Morgan fingerprint density at radius 2 is 1.76 bits per heavy atom. The van der Waals surface area contributed by atoms with E-state index in [2.05, 4.69) is 10.1 Å². The highest BCUT2D eigenvalue weighted by molar-refractivity contribution is 7.99. The normalized spacial score (nSPS) is 12.6. The van der Waals surface area contributed by atoms with Gasteiger partial charge in [0.25, 0.3) is 0 Å². The molecule has 3 aromatic carbocycles. The molecule has 7 nitrogen and oxygen atoms in total. The fourth-order valence-corrected chi connectivity index (χ4v) is 5.29. The van der Waals surface area contributed by atoms with Crippen LogP contribution in [0.5, 0.6) is 17.2 Å². The number of halogens is 3. The van der Waals surface area contributed by atoms with E-state index in [1.54, 1.807) is 30.3 Å². The summed E-state index contributed by atoms with van der Waals surface area (Å²) < 4.78 is 70.0. The molecule has 0 aliphatic rings. The van der Waals surface area contributed by atoms with Crippen molar-refractivity contribution in [3.05, 3.63) is 71.8 Å². The zero-order chi connectivity index (χ0) is 27.4. The average molecular weight is 556 g/mol. The zero-order valence-corrected chi connectivity index (χ0v) is 21.6. The molecule has 0 aliphatic carbocycles. The molecule has 1 amide bonds. The number of aromatic hydroxyl groups is 1. The van der Waals surface area contributed by atoms with Crippen LogP contribution < -0.4 is 14.8 Å². The van der Waals surface area contributed by atoms with Crippen LogP contribution in [0, 0.1) is 0 Å². The number of methoxy groups -OCH3 is 1. The van der Waals surface area contributed by atoms with E-state index in [-0.39, 0.29) is 28.1 Å². The van der Waals surface area contributed by atoms with Gasteiger partial charge in [-0.05, 0) is 54.4 Å². The molecule has 1 atom stereocenters. The third kappa shape index (κ3) is 8.05. The molecule has 37 heavy (non-hydrogen) atoms. The highest BCUT2D eigenvalue weighted by Crippen LogP contribution is 2.41. The Morgan fingerprint density at radius 1 is 1.08 bits per heavy atom. The Hall–Kier alpha value is -3.38. The average Bonchev–Trinajstić information content (AvgIpc) is 2.80. The number of hydrogen-bond donors (Lipinski definition) is 2. The predicted octanol–water partition coefficient (Wildman–Crippen LogP) is 5.74. The van der Waals surface area contributed by atoms with Crippen molar-refractivity contribution < 1.29 is 41.0 Å². The summed E-state index contributed by atoms with van der Waals surface area (Å²) in [5, 5.41) is 12.4. The summed E-state index contributed by atoms with van der Waals surface area (Å²) >= 11 is 1.42. The number of thioether (sulfide) groups is 1. The topological polar surface area (TPSA) is 102 Å². The highest BCUT2D eigenvalue weighted by atomic mass is 32.2. The first kappa shape index (κ1) is 28.2. The summed E-state index contributed by atoms with van der Waals surface area (Å²) in [6, 6.07) is 14.6. The Bertz CT molecular complexity index is 1380. The van der Waals surface area contributed by atoms with Gasteiger partial charge in [0.2, 0.25) is 5.91 Å². The van der Waals surface area contributed by atoms with Gasteiger partial charge in [-0.15, -0.1) is 24.9 Å². The Kier molecular flexibility index (Phi) is 8.64. The fraction of sp³-hybridized carbons (Fsp3) is 0.240. The molecule has 0 aromatic heterocycles. The number of phenols is 1. The molecule has 0 heterocycles. The number of alkyl halides is 3. The van der Waals surface area contributed by atoms with Crippen LogP contribution in [0.1, 0.15) is 23.3 Å². The number of phenolic OH excluding ortho intramolecular Hbond substituents is 1. The molecule has 0 saturated carbocycles. The standard InChI is InChI=1S/C25H24F3NO6S2/c1-15(17-5-8-19(9-6-17)35-25(26,27)28)36-22-11-7-18(14-21(22)34-2)29-24(31)13-16-4-10-20(30)23(12-16)37(3,32)33/h4-12,14-15,30H,13H2,1-3H3,(H,29,31). The van der Waals surface area contributed by atoms with Crippen molar-refractivity contribution in [3.63, 3.8) is 0 Å². The van der Waals surface area contributed by atoms with Crippen molar-refractivity contribution in [2.45, 2.75) is 34.7 Å². The van der Waals surface area contributed by atoms with E-state index < -0.39 is 22.1 Å². The number of carbonyl (C=O) groups excluding carboxylic acids is 1. The third-order valence-corrected chi connectivity index (χ3v) is 7.47. The molecule has 3 rings (SSSR count). The molecule has 2 N–H and O–H groups in total. The lowest BCUT2D eigenvalue weighted by Gasteiger charge is -2.16. The molecule has 0 spiro atoms. The smallest absolute Gasteiger partial charge is 0.507 e. The molecule has 0 fully saturated rings.